The third-order valence-electron chi connectivity index (χ3n) is 5.61. The highest BCUT2D eigenvalue weighted by molar-refractivity contribution is 6.00. The third-order valence-corrected chi connectivity index (χ3v) is 5.61. The second-order valence-electron chi connectivity index (χ2n) is 8.10. The van der Waals surface area contributed by atoms with Crippen LogP contribution < -0.4 is 14.8 Å². The fraction of sp³-hybridized carbons (Fsp3) is 0.207. The topological polar surface area (TPSA) is 97.3 Å². The van der Waals surface area contributed by atoms with Crippen LogP contribution in [0.15, 0.2) is 97.1 Å². The Morgan fingerprint density at radius 2 is 1.50 bits per heavy atom. The number of anilines is 1. The summed E-state index contributed by atoms with van der Waals surface area (Å²) in [5, 5.41) is 23.5. The van der Waals surface area contributed by atoms with Crippen molar-refractivity contribution in [3.8, 4) is 11.5 Å². The summed E-state index contributed by atoms with van der Waals surface area (Å²) in [5.74, 6) is 1.18. The largest absolute Gasteiger partial charge is 0.491 e. The molecule has 0 aromatic heterocycles. The van der Waals surface area contributed by atoms with E-state index in [0.29, 0.717) is 22.7 Å². The summed E-state index contributed by atoms with van der Waals surface area (Å²) in [6.45, 7) is -0.0672. The summed E-state index contributed by atoms with van der Waals surface area (Å²) in [6.07, 6.45) is -1.88. The Kier molecular flexibility index (Phi) is 8.75. The Bertz CT molecular complexity index is 1240. The van der Waals surface area contributed by atoms with Gasteiger partial charge < -0.3 is 24.4 Å². The number of hydrogen-bond acceptors (Lipinski definition) is 6. The van der Waals surface area contributed by atoms with E-state index in [4.69, 9.17) is 19.3 Å². The van der Waals surface area contributed by atoms with E-state index < -0.39 is 18.3 Å². The van der Waals surface area contributed by atoms with Crippen LogP contribution in [0.4, 0.5) is 10.5 Å². The second-order valence-corrected chi connectivity index (χ2v) is 8.10. The summed E-state index contributed by atoms with van der Waals surface area (Å²) in [7, 11) is 0. The van der Waals surface area contributed by atoms with Gasteiger partial charge in [-0.3, -0.25) is 5.32 Å². The van der Waals surface area contributed by atoms with Crippen molar-refractivity contribution in [3.63, 3.8) is 0 Å². The molecule has 7 heteroatoms. The summed E-state index contributed by atoms with van der Waals surface area (Å²) < 4.78 is 17.5. The van der Waals surface area contributed by atoms with E-state index in [1.807, 2.05) is 72.8 Å². The molecule has 3 N–H and O–H groups in total. The van der Waals surface area contributed by atoms with Crippen molar-refractivity contribution in [3.05, 3.63) is 103 Å². The van der Waals surface area contributed by atoms with Gasteiger partial charge in [-0.25, -0.2) is 4.79 Å². The number of rotatable bonds is 11. The lowest BCUT2D eigenvalue weighted by molar-refractivity contribution is 0.00907. The van der Waals surface area contributed by atoms with Crippen molar-refractivity contribution < 1.29 is 29.2 Å². The molecule has 7 nitrogen and oxygen atoms in total. The minimum atomic E-state index is -0.820. The monoisotopic (exact) mass is 487 g/mol. The van der Waals surface area contributed by atoms with Gasteiger partial charge in [0.05, 0.1) is 12.3 Å². The summed E-state index contributed by atoms with van der Waals surface area (Å²) in [4.78, 5) is 13.1. The predicted molar refractivity (Wildman–Crippen MR) is 138 cm³/mol. The molecule has 0 radical (unpaired) electrons. The van der Waals surface area contributed by atoms with Crippen LogP contribution in [0, 0.1) is 0 Å². The van der Waals surface area contributed by atoms with Crippen molar-refractivity contribution >= 4 is 22.6 Å². The van der Waals surface area contributed by atoms with E-state index in [2.05, 4.69) is 5.32 Å². The quantitative estimate of drug-likeness (QED) is 0.265. The van der Waals surface area contributed by atoms with Crippen molar-refractivity contribution in [2.45, 2.75) is 18.6 Å². The molecular formula is C29H29NO6. The van der Waals surface area contributed by atoms with Gasteiger partial charge in [0.25, 0.3) is 0 Å². The smallest absolute Gasteiger partial charge is 0.412 e. The zero-order valence-electron chi connectivity index (χ0n) is 19.7. The van der Waals surface area contributed by atoms with E-state index >= 15 is 0 Å². The average molecular weight is 488 g/mol. The Labute approximate surface area is 209 Å². The molecule has 0 aliphatic rings. The fourth-order valence-corrected chi connectivity index (χ4v) is 3.94. The summed E-state index contributed by atoms with van der Waals surface area (Å²) >= 11 is 0. The van der Waals surface area contributed by atoms with Crippen molar-refractivity contribution in [1.29, 1.82) is 0 Å². The van der Waals surface area contributed by atoms with Crippen molar-refractivity contribution in [1.82, 2.24) is 0 Å². The van der Waals surface area contributed by atoms with Gasteiger partial charge in [0.1, 0.15) is 24.2 Å². The lowest BCUT2D eigenvalue weighted by atomic mass is 10.0. The second kappa shape index (κ2) is 12.6. The molecule has 0 spiro atoms. The van der Waals surface area contributed by atoms with Gasteiger partial charge in [0.15, 0.2) is 6.10 Å². The lowest BCUT2D eigenvalue weighted by Gasteiger charge is -2.28. The number of fused-ring (bicyclic) bond motifs is 1. The third kappa shape index (κ3) is 6.53. The molecule has 0 aliphatic carbocycles. The molecule has 0 bridgehead atoms. The number of para-hydroxylation sites is 1. The number of aliphatic hydroxyl groups is 2. The van der Waals surface area contributed by atoms with Crippen LogP contribution in [0.2, 0.25) is 0 Å². The van der Waals surface area contributed by atoms with Gasteiger partial charge in [0, 0.05) is 18.4 Å². The van der Waals surface area contributed by atoms with Crippen LogP contribution in [0.5, 0.6) is 11.5 Å². The minimum absolute atomic E-state index is 0.0919. The number of carbonyl (C=O) groups excluding carboxylic acids is 1. The number of amides is 1. The molecule has 4 rings (SSSR count). The SMILES string of the molecule is O=C(Nc1cccc2ccccc12)O[C@@H](c1ccc(OCCO)cc1)[C@H](CCO)Oc1ccccc1. The first-order chi connectivity index (χ1) is 17.7. The van der Waals surface area contributed by atoms with Gasteiger partial charge in [-0.15, -0.1) is 0 Å². The van der Waals surface area contributed by atoms with Crippen LogP contribution in [-0.2, 0) is 4.74 Å². The number of hydrogen-bond donors (Lipinski definition) is 3. The van der Waals surface area contributed by atoms with Crippen LogP contribution >= 0.6 is 0 Å². The fourth-order valence-electron chi connectivity index (χ4n) is 3.94. The Hall–Kier alpha value is -4.07. The number of aliphatic hydroxyl groups excluding tert-OH is 2. The first-order valence-electron chi connectivity index (χ1n) is 11.8. The highest BCUT2D eigenvalue weighted by atomic mass is 16.6. The molecule has 2 atom stereocenters. The zero-order valence-corrected chi connectivity index (χ0v) is 19.7. The zero-order chi connectivity index (χ0) is 25.2. The molecule has 4 aromatic rings. The van der Waals surface area contributed by atoms with E-state index in [1.54, 1.807) is 24.3 Å². The Morgan fingerprint density at radius 3 is 2.25 bits per heavy atom. The highest BCUT2D eigenvalue weighted by Gasteiger charge is 2.29. The van der Waals surface area contributed by atoms with E-state index in [0.717, 1.165) is 10.8 Å². The van der Waals surface area contributed by atoms with Gasteiger partial charge in [-0.05, 0) is 41.3 Å². The minimum Gasteiger partial charge on any atom is -0.491 e. The molecule has 0 fully saturated rings. The van der Waals surface area contributed by atoms with Crippen LogP contribution in [-0.4, -0.2) is 42.2 Å². The molecule has 1 amide bonds. The molecule has 186 valence electrons. The Morgan fingerprint density at radius 1 is 0.778 bits per heavy atom. The number of benzene rings is 4. The Balaban J connectivity index is 1.60. The first kappa shape index (κ1) is 25.0. The highest BCUT2D eigenvalue weighted by Crippen LogP contribution is 2.30. The van der Waals surface area contributed by atoms with Gasteiger partial charge in [-0.1, -0.05) is 66.7 Å². The molecule has 0 aliphatic heterocycles. The van der Waals surface area contributed by atoms with Crippen molar-refractivity contribution in [2.75, 3.05) is 25.1 Å². The standard InChI is InChI=1S/C29H29NO6/c31-18-17-27(35-24-9-2-1-3-10-24)28(22-13-15-23(16-14-22)34-20-19-32)36-29(33)30-26-12-6-8-21-7-4-5-11-25(21)26/h1-16,27-28,31-32H,17-20H2,(H,30,33)/t27-,28-/m0/s1. The van der Waals surface area contributed by atoms with Crippen LogP contribution in [0.1, 0.15) is 18.1 Å². The molecule has 0 saturated carbocycles. The average Bonchev–Trinajstić information content (AvgIpc) is 2.91. The lowest BCUT2D eigenvalue weighted by Crippen LogP contribution is -2.31. The predicted octanol–water partition coefficient (Wildman–Crippen LogP) is 5.33. The van der Waals surface area contributed by atoms with Gasteiger partial charge >= 0.3 is 6.09 Å². The molecule has 36 heavy (non-hydrogen) atoms. The number of nitrogens with one attached hydrogen (secondary N) is 1. The molecule has 0 heterocycles. The van der Waals surface area contributed by atoms with E-state index in [1.165, 1.54) is 0 Å². The number of carbonyl (C=O) groups is 1. The van der Waals surface area contributed by atoms with Gasteiger partial charge in [-0.2, -0.15) is 0 Å². The molecular weight excluding hydrogens is 458 g/mol. The number of ether oxygens (including phenoxy) is 3. The van der Waals surface area contributed by atoms with Gasteiger partial charge in [0.2, 0.25) is 0 Å². The normalized spacial score (nSPS) is 12.5. The van der Waals surface area contributed by atoms with Crippen molar-refractivity contribution in [2.24, 2.45) is 0 Å². The van der Waals surface area contributed by atoms with E-state index in [-0.39, 0.29) is 26.2 Å². The molecule has 4 aromatic carbocycles. The molecule has 0 saturated heterocycles. The first-order valence-corrected chi connectivity index (χ1v) is 11.8. The van der Waals surface area contributed by atoms with Crippen LogP contribution in [0.3, 0.4) is 0 Å². The summed E-state index contributed by atoms with van der Waals surface area (Å²) in [5.41, 5.74) is 1.31. The van der Waals surface area contributed by atoms with E-state index in [9.17, 15) is 9.90 Å². The molecule has 0 unspecified atom stereocenters. The maximum Gasteiger partial charge on any atom is 0.412 e. The van der Waals surface area contributed by atoms with Crippen LogP contribution in [0.25, 0.3) is 10.8 Å². The maximum atomic E-state index is 13.1. The summed E-state index contributed by atoms with van der Waals surface area (Å²) in [6, 6.07) is 29.6. The maximum absolute atomic E-state index is 13.1.